The van der Waals surface area contributed by atoms with E-state index in [2.05, 4.69) is 21.5 Å². The number of nitrogen functional groups attached to an aromatic ring is 1. The van der Waals surface area contributed by atoms with Crippen LogP contribution in [0.4, 0.5) is 10.8 Å². The van der Waals surface area contributed by atoms with Crippen molar-refractivity contribution in [3.05, 3.63) is 0 Å². The fourth-order valence-corrected chi connectivity index (χ4v) is 4.61. The predicted molar refractivity (Wildman–Crippen MR) is 86.2 cm³/mol. The lowest BCUT2D eigenvalue weighted by Gasteiger charge is -2.32. The van der Waals surface area contributed by atoms with Crippen molar-refractivity contribution in [3.8, 4) is 0 Å². The van der Waals surface area contributed by atoms with Crippen LogP contribution in [0.1, 0.15) is 19.8 Å². The lowest BCUT2D eigenvalue weighted by Crippen LogP contribution is -2.42. The molecule has 1 aliphatic heterocycles. The van der Waals surface area contributed by atoms with E-state index in [1.165, 1.54) is 14.1 Å². The summed E-state index contributed by atoms with van der Waals surface area (Å²) in [7, 11) is -0.593. The number of sulfonamides is 1. The Kier molecular flexibility index (Phi) is 5.07. The molecule has 0 aliphatic carbocycles. The van der Waals surface area contributed by atoms with Gasteiger partial charge in [-0.2, -0.15) is 4.37 Å². The standard InChI is InChI=1S/C12H23N5O2S2/c1-4-17-7-5-6-9(8-17)14-12-10(11(13)15-20-12)21(18,19)16(2)3/h9,14H,4-8H2,1-3H3,(H2,13,15). The second-order valence-corrected chi connectivity index (χ2v) is 8.25. The van der Waals surface area contributed by atoms with Gasteiger partial charge in [0, 0.05) is 26.7 Å². The summed E-state index contributed by atoms with van der Waals surface area (Å²) in [6.07, 6.45) is 2.13. The van der Waals surface area contributed by atoms with Gasteiger partial charge < -0.3 is 16.0 Å². The van der Waals surface area contributed by atoms with E-state index in [1.807, 2.05) is 0 Å². The summed E-state index contributed by atoms with van der Waals surface area (Å²) >= 11 is 1.11. The molecule has 1 unspecified atom stereocenters. The number of nitrogens with zero attached hydrogens (tertiary/aromatic N) is 3. The number of aromatic nitrogens is 1. The quantitative estimate of drug-likeness (QED) is 0.831. The summed E-state index contributed by atoms with van der Waals surface area (Å²) in [5.41, 5.74) is 5.77. The van der Waals surface area contributed by atoms with Crippen molar-refractivity contribution in [2.45, 2.75) is 30.7 Å². The molecule has 0 bridgehead atoms. The molecular weight excluding hydrogens is 310 g/mol. The predicted octanol–water partition coefficient (Wildman–Crippen LogP) is 0.872. The van der Waals surface area contributed by atoms with Crippen molar-refractivity contribution < 1.29 is 8.42 Å². The summed E-state index contributed by atoms with van der Waals surface area (Å²) < 4.78 is 29.9. The van der Waals surface area contributed by atoms with Gasteiger partial charge in [-0.15, -0.1) is 0 Å². The molecule has 9 heteroatoms. The van der Waals surface area contributed by atoms with Gasteiger partial charge in [-0.05, 0) is 37.5 Å². The molecule has 0 spiro atoms. The lowest BCUT2D eigenvalue weighted by molar-refractivity contribution is 0.227. The molecule has 7 nitrogen and oxygen atoms in total. The summed E-state index contributed by atoms with van der Waals surface area (Å²) in [5.74, 6) is 0.0688. The highest BCUT2D eigenvalue weighted by molar-refractivity contribution is 7.89. The summed E-state index contributed by atoms with van der Waals surface area (Å²) in [6.45, 7) is 5.15. The van der Waals surface area contributed by atoms with Gasteiger partial charge in [-0.3, -0.25) is 0 Å². The third-order valence-corrected chi connectivity index (χ3v) is 6.51. The van der Waals surface area contributed by atoms with E-state index in [1.54, 1.807) is 0 Å². The Bertz CT molecular complexity index is 584. The Hall–Kier alpha value is -0.900. The summed E-state index contributed by atoms with van der Waals surface area (Å²) in [5, 5.41) is 3.87. The number of likely N-dealkylation sites (N-methyl/N-ethyl adjacent to an activating group) is 1. The first-order valence-electron chi connectivity index (χ1n) is 7.02. The minimum Gasteiger partial charge on any atom is -0.382 e. The van der Waals surface area contributed by atoms with Crippen LogP contribution in [0.25, 0.3) is 0 Å². The molecule has 1 aliphatic rings. The van der Waals surface area contributed by atoms with Crippen molar-refractivity contribution in [2.24, 2.45) is 0 Å². The number of anilines is 2. The summed E-state index contributed by atoms with van der Waals surface area (Å²) in [4.78, 5) is 2.46. The number of nitrogens with two attached hydrogens (primary N) is 1. The number of likely N-dealkylation sites (tertiary alicyclic amines) is 1. The average molecular weight is 333 g/mol. The zero-order valence-corrected chi connectivity index (χ0v) is 14.3. The maximum Gasteiger partial charge on any atom is 0.249 e. The molecule has 1 saturated heterocycles. The van der Waals surface area contributed by atoms with E-state index >= 15 is 0 Å². The van der Waals surface area contributed by atoms with E-state index in [-0.39, 0.29) is 16.8 Å². The molecule has 1 aromatic rings. The largest absolute Gasteiger partial charge is 0.382 e. The van der Waals surface area contributed by atoms with E-state index in [0.717, 1.165) is 48.3 Å². The third-order valence-electron chi connectivity index (χ3n) is 3.70. The minimum absolute atomic E-state index is 0.0688. The number of rotatable bonds is 5. The van der Waals surface area contributed by atoms with Crippen molar-refractivity contribution in [1.82, 2.24) is 13.6 Å². The molecule has 0 saturated carbocycles. The Morgan fingerprint density at radius 2 is 2.24 bits per heavy atom. The minimum atomic E-state index is -3.58. The number of nitrogens with one attached hydrogen (secondary N) is 1. The van der Waals surface area contributed by atoms with Crippen LogP contribution < -0.4 is 11.1 Å². The van der Waals surface area contributed by atoms with Crippen LogP contribution in [0.2, 0.25) is 0 Å². The molecule has 1 aromatic heterocycles. The molecule has 1 fully saturated rings. The number of hydrogen-bond acceptors (Lipinski definition) is 7. The maximum absolute atomic E-state index is 12.4. The SMILES string of the molecule is CCN1CCCC(Nc2snc(N)c2S(=O)(=O)N(C)C)C1. The molecule has 0 amide bonds. The monoisotopic (exact) mass is 333 g/mol. The van der Waals surface area contributed by atoms with Crippen LogP contribution in [-0.2, 0) is 10.0 Å². The van der Waals surface area contributed by atoms with E-state index in [4.69, 9.17) is 5.73 Å². The van der Waals surface area contributed by atoms with Crippen LogP contribution in [0.3, 0.4) is 0 Å². The smallest absolute Gasteiger partial charge is 0.249 e. The van der Waals surface area contributed by atoms with Gasteiger partial charge in [-0.25, -0.2) is 12.7 Å². The van der Waals surface area contributed by atoms with Crippen LogP contribution in [0.15, 0.2) is 4.90 Å². The topological polar surface area (TPSA) is 91.6 Å². The first kappa shape index (κ1) is 16.5. The number of hydrogen-bond donors (Lipinski definition) is 2. The third kappa shape index (κ3) is 3.47. The van der Waals surface area contributed by atoms with Gasteiger partial charge in [0.2, 0.25) is 10.0 Å². The van der Waals surface area contributed by atoms with Crippen LogP contribution in [-0.4, -0.2) is 61.8 Å². The number of piperidine rings is 1. The molecule has 2 rings (SSSR count). The molecular formula is C12H23N5O2S2. The Balaban J connectivity index is 2.22. The normalized spacial score (nSPS) is 20.9. The first-order chi connectivity index (χ1) is 9.86. The molecule has 120 valence electrons. The fraction of sp³-hybridized carbons (Fsp3) is 0.750. The average Bonchev–Trinajstić information content (AvgIpc) is 2.80. The van der Waals surface area contributed by atoms with E-state index in [0.29, 0.717) is 5.00 Å². The van der Waals surface area contributed by atoms with Crippen molar-refractivity contribution in [3.63, 3.8) is 0 Å². The highest BCUT2D eigenvalue weighted by Crippen LogP contribution is 2.34. The second-order valence-electron chi connectivity index (χ2n) is 5.39. The van der Waals surface area contributed by atoms with Crippen LogP contribution >= 0.6 is 11.5 Å². The highest BCUT2D eigenvalue weighted by Gasteiger charge is 2.29. The highest BCUT2D eigenvalue weighted by atomic mass is 32.2. The van der Waals surface area contributed by atoms with Gasteiger partial charge in [0.15, 0.2) is 10.7 Å². The Morgan fingerprint density at radius 1 is 1.52 bits per heavy atom. The van der Waals surface area contributed by atoms with Crippen molar-refractivity contribution in [1.29, 1.82) is 0 Å². The van der Waals surface area contributed by atoms with Gasteiger partial charge in [-0.1, -0.05) is 6.92 Å². The van der Waals surface area contributed by atoms with Gasteiger partial charge in [0.1, 0.15) is 5.00 Å². The van der Waals surface area contributed by atoms with Crippen molar-refractivity contribution >= 4 is 32.4 Å². The molecule has 1 atom stereocenters. The van der Waals surface area contributed by atoms with Crippen molar-refractivity contribution in [2.75, 3.05) is 44.8 Å². The van der Waals surface area contributed by atoms with Crippen LogP contribution in [0.5, 0.6) is 0 Å². The Morgan fingerprint density at radius 3 is 2.86 bits per heavy atom. The maximum atomic E-state index is 12.4. The first-order valence-corrected chi connectivity index (χ1v) is 9.24. The molecule has 2 heterocycles. The molecule has 0 radical (unpaired) electrons. The second kappa shape index (κ2) is 6.47. The Labute approximate surface area is 130 Å². The zero-order valence-electron chi connectivity index (χ0n) is 12.7. The summed E-state index contributed by atoms with van der Waals surface area (Å²) in [6, 6.07) is 0.231. The van der Waals surface area contributed by atoms with Crippen LogP contribution in [0, 0.1) is 0 Å². The fourth-order valence-electron chi connectivity index (χ4n) is 2.46. The van der Waals surface area contributed by atoms with Gasteiger partial charge in [0.25, 0.3) is 0 Å². The molecule has 0 aromatic carbocycles. The van der Waals surface area contributed by atoms with Gasteiger partial charge >= 0.3 is 0 Å². The molecule has 21 heavy (non-hydrogen) atoms. The lowest BCUT2D eigenvalue weighted by atomic mass is 10.1. The van der Waals surface area contributed by atoms with Gasteiger partial charge in [0.05, 0.1) is 0 Å². The van der Waals surface area contributed by atoms with E-state index in [9.17, 15) is 8.42 Å². The molecule has 3 N–H and O–H groups in total. The zero-order chi connectivity index (χ0) is 15.6. The van der Waals surface area contributed by atoms with E-state index < -0.39 is 10.0 Å².